The van der Waals surface area contributed by atoms with E-state index >= 15 is 0 Å². The summed E-state index contributed by atoms with van der Waals surface area (Å²) < 4.78 is 10.7. The van der Waals surface area contributed by atoms with E-state index in [1.54, 1.807) is 14.0 Å². The molecule has 2 rings (SSSR count). The van der Waals surface area contributed by atoms with Gasteiger partial charge >= 0.3 is 0 Å². The molecule has 96 valence electrons. The summed E-state index contributed by atoms with van der Waals surface area (Å²) in [7, 11) is 3.69. The SMILES string of the molecule is COc1ccccc1CN(C)Cc1nnc(C)o1. The quantitative estimate of drug-likeness (QED) is 0.809. The van der Waals surface area contributed by atoms with Crippen LogP contribution in [0.4, 0.5) is 0 Å². The number of para-hydroxylation sites is 1. The highest BCUT2D eigenvalue weighted by molar-refractivity contribution is 5.32. The number of aromatic nitrogens is 2. The molecule has 0 aliphatic heterocycles. The van der Waals surface area contributed by atoms with Crippen molar-refractivity contribution in [3.8, 4) is 5.75 Å². The molecule has 0 aliphatic rings. The molecule has 0 atom stereocenters. The second-order valence-corrected chi connectivity index (χ2v) is 4.20. The third-order valence-electron chi connectivity index (χ3n) is 2.61. The number of nitrogens with zero attached hydrogens (tertiary/aromatic N) is 3. The maximum absolute atomic E-state index is 5.35. The second-order valence-electron chi connectivity index (χ2n) is 4.20. The number of hydrogen-bond donors (Lipinski definition) is 0. The van der Waals surface area contributed by atoms with Gasteiger partial charge in [0.1, 0.15) is 5.75 Å². The van der Waals surface area contributed by atoms with Crippen molar-refractivity contribution < 1.29 is 9.15 Å². The Hall–Kier alpha value is -1.88. The Morgan fingerprint density at radius 3 is 2.67 bits per heavy atom. The Bertz CT molecular complexity index is 510. The predicted molar refractivity (Wildman–Crippen MR) is 67.2 cm³/mol. The van der Waals surface area contributed by atoms with Crippen molar-refractivity contribution in [3.05, 3.63) is 41.6 Å². The van der Waals surface area contributed by atoms with E-state index in [1.165, 1.54) is 0 Å². The lowest BCUT2D eigenvalue weighted by Crippen LogP contribution is -2.17. The molecule has 0 spiro atoms. The van der Waals surface area contributed by atoms with Gasteiger partial charge in [-0.1, -0.05) is 18.2 Å². The highest BCUT2D eigenvalue weighted by atomic mass is 16.5. The lowest BCUT2D eigenvalue weighted by atomic mass is 10.2. The first-order valence-corrected chi connectivity index (χ1v) is 5.78. The van der Waals surface area contributed by atoms with E-state index in [4.69, 9.17) is 9.15 Å². The molecule has 1 aromatic heterocycles. The van der Waals surface area contributed by atoms with Crippen LogP contribution in [0.15, 0.2) is 28.7 Å². The van der Waals surface area contributed by atoms with Gasteiger partial charge in [-0.05, 0) is 13.1 Å². The van der Waals surface area contributed by atoms with Crippen molar-refractivity contribution in [2.75, 3.05) is 14.2 Å². The highest BCUT2D eigenvalue weighted by Crippen LogP contribution is 2.19. The zero-order valence-electron chi connectivity index (χ0n) is 10.9. The van der Waals surface area contributed by atoms with Crippen LogP contribution in [-0.4, -0.2) is 29.3 Å². The predicted octanol–water partition coefficient (Wildman–Crippen LogP) is 2.02. The first kappa shape index (κ1) is 12.6. The molecule has 5 nitrogen and oxygen atoms in total. The average Bonchev–Trinajstić information content (AvgIpc) is 2.75. The number of rotatable bonds is 5. The molecule has 0 unspecified atom stereocenters. The minimum Gasteiger partial charge on any atom is -0.496 e. The molecule has 2 aromatic rings. The van der Waals surface area contributed by atoms with E-state index in [-0.39, 0.29) is 0 Å². The van der Waals surface area contributed by atoms with Gasteiger partial charge in [0.05, 0.1) is 13.7 Å². The Balaban J connectivity index is 2.00. The van der Waals surface area contributed by atoms with E-state index in [0.717, 1.165) is 17.9 Å². The van der Waals surface area contributed by atoms with E-state index in [2.05, 4.69) is 15.1 Å². The topological polar surface area (TPSA) is 51.4 Å². The first-order valence-electron chi connectivity index (χ1n) is 5.78. The van der Waals surface area contributed by atoms with Crippen LogP contribution < -0.4 is 4.74 Å². The summed E-state index contributed by atoms with van der Waals surface area (Å²) in [6.07, 6.45) is 0. The average molecular weight is 247 g/mol. The fourth-order valence-corrected chi connectivity index (χ4v) is 1.81. The van der Waals surface area contributed by atoms with Crippen molar-refractivity contribution in [1.82, 2.24) is 15.1 Å². The standard InChI is InChI=1S/C13H17N3O2/c1-10-14-15-13(18-10)9-16(2)8-11-6-4-5-7-12(11)17-3/h4-7H,8-9H2,1-3H3. The van der Waals surface area contributed by atoms with Gasteiger partial charge in [-0.25, -0.2) is 0 Å². The summed E-state index contributed by atoms with van der Waals surface area (Å²) in [4.78, 5) is 2.10. The molecular weight excluding hydrogens is 230 g/mol. The van der Waals surface area contributed by atoms with Gasteiger partial charge in [0.2, 0.25) is 11.8 Å². The lowest BCUT2D eigenvalue weighted by Gasteiger charge is -2.16. The van der Waals surface area contributed by atoms with Gasteiger partial charge in [0, 0.05) is 19.0 Å². The Labute approximate surface area is 106 Å². The molecule has 0 saturated carbocycles. The smallest absolute Gasteiger partial charge is 0.230 e. The molecule has 0 N–H and O–H groups in total. The second kappa shape index (κ2) is 5.64. The number of benzene rings is 1. The first-order chi connectivity index (χ1) is 8.69. The van der Waals surface area contributed by atoms with Crippen LogP contribution in [0.5, 0.6) is 5.75 Å². The molecule has 0 aliphatic carbocycles. The molecular formula is C13H17N3O2. The zero-order valence-corrected chi connectivity index (χ0v) is 10.9. The fourth-order valence-electron chi connectivity index (χ4n) is 1.81. The summed E-state index contributed by atoms with van der Waals surface area (Å²) in [5.74, 6) is 2.12. The Morgan fingerprint density at radius 2 is 2.00 bits per heavy atom. The van der Waals surface area contributed by atoms with Crippen molar-refractivity contribution >= 4 is 0 Å². The number of aryl methyl sites for hydroxylation is 1. The number of ether oxygens (including phenoxy) is 1. The molecule has 0 bridgehead atoms. The van der Waals surface area contributed by atoms with Crippen LogP contribution in [0.25, 0.3) is 0 Å². The van der Waals surface area contributed by atoms with Crippen molar-refractivity contribution in [3.63, 3.8) is 0 Å². The van der Waals surface area contributed by atoms with Crippen LogP contribution in [-0.2, 0) is 13.1 Å². The van der Waals surface area contributed by atoms with E-state index in [1.807, 2.05) is 31.3 Å². The normalized spacial score (nSPS) is 10.9. The van der Waals surface area contributed by atoms with Crippen LogP contribution >= 0.6 is 0 Å². The fraction of sp³-hybridized carbons (Fsp3) is 0.385. The minimum atomic E-state index is 0.593. The van der Waals surface area contributed by atoms with Crippen LogP contribution in [0.2, 0.25) is 0 Å². The summed E-state index contributed by atoms with van der Waals surface area (Å²) in [6, 6.07) is 7.97. The van der Waals surface area contributed by atoms with Gasteiger partial charge < -0.3 is 9.15 Å². The van der Waals surface area contributed by atoms with Crippen molar-refractivity contribution in [2.45, 2.75) is 20.0 Å². The van der Waals surface area contributed by atoms with Gasteiger partial charge in [0.15, 0.2) is 0 Å². The monoisotopic (exact) mass is 247 g/mol. The van der Waals surface area contributed by atoms with E-state index in [0.29, 0.717) is 18.3 Å². The van der Waals surface area contributed by atoms with Gasteiger partial charge in [0.25, 0.3) is 0 Å². The van der Waals surface area contributed by atoms with Crippen LogP contribution in [0.1, 0.15) is 17.3 Å². The maximum atomic E-state index is 5.35. The molecule has 1 aromatic carbocycles. The zero-order chi connectivity index (χ0) is 13.0. The molecule has 18 heavy (non-hydrogen) atoms. The summed E-state index contributed by atoms with van der Waals surface area (Å²) in [5, 5.41) is 7.79. The maximum Gasteiger partial charge on any atom is 0.230 e. The van der Waals surface area contributed by atoms with Gasteiger partial charge in [-0.2, -0.15) is 0 Å². The van der Waals surface area contributed by atoms with Gasteiger partial charge in [-0.15, -0.1) is 10.2 Å². The molecule has 0 fully saturated rings. The minimum absolute atomic E-state index is 0.593. The summed E-state index contributed by atoms with van der Waals surface area (Å²) >= 11 is 0. The summed E-state index contributed by atoms with van der Waals surface area (Å²) in [6.45, 7) is 3.18. The Kier molecular flexibility index (Phi) is 3.94. The van der Waals surface area contributed by atoms with Crippen LogP contribution in [0, 0.1) is 6.92 Å². The third kappa shape index (κ3) is 3.07. The molecule has 1 heterocycles. The van der Waals surface area contributed by atoms with Crippen molar-refractivity contribution in [2.24, 2.45) is 0 Å². The third-order valence-corrected chi connectivity index (χ3v) is 2.61. The van der Waals surface area contributed by atoms with Gasteiger partial charge in [-0.3, -0.25) is 4.90 Å². The molecule has 0 radical (unpaired) electrons. The van der Waals surface area contributed by atoms with E-state index in [9.17, 15) is 0 Å². The largest absolute Gasteiger partial charge is 0.496 e. The number of methoxy groups -OCH3 is 1. The molecule has 0 saturated heterocycles. The molecule has 0 amide bonds. The van der Waals surface area contributed by atoms with E-state index < -0.39 is 0 Å². The molecule has 5 heteroatoms. The number of hydrogen-bond acceptors (Lipinski definition) is 5. The lowest BCUT2D eigenvalue weighted by molar-refractivity contribution is 0.274. The Morgan fingerprint density at radius 1 is 1.22 bits per heavy atom. The van der Waals surface area contributed by atoms with Crippen molar-refractivity contribution in [1.29, 1.82) is 0 Å². The highest BCUT2D eigenvalue weighted by Gasteiger charge is 2.09. The summed E-state index contributed by atoms with van der Waals surface area (Å²) in [5.41, 5.74) is 1.14. The van der Waals surface area contributed by atoms with Crippen LogP contribution in [0.3, 0.4) is 0 Å².